The first-order valence-electron chi connectivity index (χ1n) is 8.73. The van der Waals surface area contributed by atoms with Crippen molar-refractivity contribution in [3.8, 4) is 17.0 Å². The van der Waals surface area contributed by atoms with Crippen LogP contribution in [0.1, 0.15) is 24.0 Å². The third-order valence-electron chi connectivity index (χ3n) is 5.29. The monoisotopic (exact) mass is 470 g/mol. The molecule has 0 spiro atoms. The number of nitrogens with one attached hydrogen (secondary N) is 1. The second kappa shape index (κ2) is 6.10. The number of hydrogen-bond acceptors (Lipinski definition) is 2. The van der Waals surface area contributed by atoms with Gasteiger partial charge >= 0.3 is 0 Å². The molecule has 0 aliphatic heterocycles. The number of rotatable bonds is 1. The number of aromatic nitrogens is 2. The summed E-state index contributed by atoms with van der Waals surface area (Å²) >= 11 is 6.91. The molecule has 4 aromatic rings. The van der Waals surface area contributed by atoms with E-state index in [1.807, 2.05) is 18.3 Å². The molecule has 1 aliphatic carbocycles. The third kappa shape index (κ3) is 2.41. The summed E-state index contributed by atoms with van der Waals surface area (Å²) in [6, 6.07) is 10.3. The molecule has 3 nitrogen and oxygen atoms in total. The number of phenols is 1. The van der Waals surface area contributed by atoms with Crippen molar-refractivity contribution in [1.29, 1.82) is 0 Å². The number of halogens is 2. The van der Waals surface area contributed by atoms with Gasteiger partial charge in [-0.15, -0.1) is 0 Å². The van der Waals surface area contributed by atoms with E-state index in [-0.39, 0.29) is 5.75 Å². The molecule has 5 heteroatoms. The lowest BCUT2D eigenvalue weighted by Crippen LogP contribution is -2.08. The Bertz CT molecular complexity index is 1160. The predicted molar refractivity (Wildman–Crippen MR) is 113 cm³/mol. The average molecular weight is 472 g/mol. The smallest absolute Gasteiger partial charge is 0.143 e. The van der Waals surface area contributed by atoms with E-state index in [0.717, 1.165) is 35.1 Å². The molecular weight excluding hydrogens is 456 g/mol. The van der Waals surface area contributed by atoms with Crippen molar-refractivity contribution in [3.05, 3.63) is 56.6 Å². The van der Waals surface area contributed by atoms with E-state index in [1.165, 1.54) is 34.7 Å². The first kappa shape index (κ1) is 16.3. The average Bonchev–Trinajstić information content (AvgIpc) is 3.13. The molecule has 2 aromatic carbocycles. The topological polar surface area (TPSA) is 48.9 Å². The number of benzene rings is 2. The molecular formula is C21H16Br2N2O. The number of nitrogens with zero attached hydrogens (tertiary/aromatic N) is 1. The summed E-state index contributed by atoms with van der Waals surface area (Å²) in [7, 11) is 0. The molecule has 2 heterocycles. The van der Waals surface area contributed by atoms with Gasteiger partial charge in [0.25, 0.3) is 0 Å². The largest absolute Gasteiger partial charge is 0.506 e. The molecule has 0 radical (unpaired) electrons. The number of hydrogen-bond donors (Lipinski definition) is 2. The van der Waals surface area contributed by atoms with Gasteiger partial charge in [-0.2, -0.15) is 0 Å². The van der Waals surface area contributed by atoms with E-state index in [4.69, 9.17) is 4.98 Å². The number of aromatic amines is 1. The van der Waals surface area contributed by atoms with Crippen molar-refractivity contribution in [1.82, 2.24) is 9.97 Å². The first-order valence-corrected chi connectivity index (χ1v) is 10.3. The van der Waals surface area contributed by atoms with Crippen LogP contribution in [0.25, 0.3) is 33.1 Å². The molecule has 2 N–H and O–H groups in total. The Kier molecular flexibility index (Phi) is 3.83. The van der Waals surface area contributed by atoms with E-state index in [9.17, 15) is 5.11 Å². The van der Waals surface area contributed by atoms with Crippen LogP contribution in [-0.4, -0.2) is 15.1 Å². The van der Waals surface area contributed by atoms with Crippen LogP contribution in [0.5, 0.6) is 5.75 Å². The molecule has 0 saturated heterocycles. The van der Waals surface area contributed by atoms with Crippen molar-refractivity contribution in [3.63, 3.8) is 0 Å². The van der Waals surface area contributed by atoms with Gasteiger partial charge in [0.05, 0.1) is 20.2 Å². The number of aromatic hydroxyl groups is 1. The van der Waals surface area contributed by atoms with Gasteiger partial charge in [-0.3, -0.25) is 0 Å². The van der Waals surface area contributed by atoms with Gasteiger partial charge in [0.1, 0.15) is 5.75 Å². The number of phenolic OH excluding ortho intramolecular Hbond substituents is 1. The van der Waals surface area contributed by atoms with Gasteiger partial charge in [-0.25, -0.2) is 4.98 Å². The zero-order chi connectivity index (χ0) is 17.8. The van der Waals surface area contributed by atoms with Crippen LogP contribution < -0.4 is 0 Å². The minimum Gasteiger partial charge on any atom is -0.506 e. The molecule has 0 bridgehead atoms. The minimum absolute atomic E-state index is 0.220. The van der Waals surface area contributed by atoms with Gasteiger partial charge in [0.2, 0.25) is 0 Å². The Morgan fingerprint density at radius 2 is 1.69 bits per heavy atom. The van der Waals surface area contributed by atoms with Crippen LogP contribution in [0.2, 0.25) is 0 Å². The molecule has 0 atom stereocenters. The second-order valence-electron chi connectivity index (χ2n) is 6.81. The van der Waals surface area contributed by atoms with Crippen molar-refractivity contribution in [2.45, 2.75) is 25.7 Å². The van der Waals surface area contributed by atoms with Crippen LogP contribution in [0.3, 0.4) is 0 Å². The number of H-pyrrole nitrogens is 1. The Balaban J connectivity index is 1.88. The predicted octanol–water partition coefficient (Wildman–Crippen LogP) is 6.49. The zero-order valence-corrected chi connectivity index (χ0v) is 17.1. The van der Waals surface area contributed by atoms with Crippen LogP contribution in [0, 0.1) is 0 Å². The van der Waals surface area contributed by atoms with Crippen LogP contribution in [-0.2, 0) is 12.8 Å². The fourth-order valence-corrected chi connectivity index (χ4v) is 5.29. The highest BCUT2D eigenvalue weighted by Gasteiger charge is 2.21. The van der Waals surface area contributed by atoms with E-state index in [0.29, 0.717) is 8.95 Å². The summed E-state index contributed by atoms with van der Waals surface area (Å²) in [6.45, 7) is 0. The lowest BCUT2D eigenvalue weighted by molar-refractivity contribution is 0.468. The summed E-state index contributed by atoms with van der Waals surface area (Å²) in [5, 5.41) is 12.6. The molecule has 0 amide bonds. The van der Waals surface area contributed by atoms with E-state index < -0.39 is 0 Å². The van der Waals surface area contributed by atoms with E-state index >= 15 is 0 Å². The fraction of sp³-hybridized carbons (Fsp3) is 0.190. The molecule has 26 heavy (non-hydrogen) atoms. The normalized spacial score (nSPS) is 14.1. The first-order chi connectivity index (χ1) is 12.6. The maximum absolute atomic E-state index is 10.1. The Morgan fingerprint density at radius 1 is 0.962 bits per heavy atom. The van der Waals surface area contributed by atoms with Crippen molar-refractivity contribution < 1.29 is 5.11 Å². The molecule has 0 unspecified atom stereocenters. The molecule has 5 rings (SSSR count). The maximum Gasteiger partial charge on any atom is 0.143 e. The Morgan fingerprint density at radius 3 is 2.46 bits per heavy atom. The highest BCUT2D eigenvalue weighted by atomic mass is 79.9. The van der Waals surface area contributed by atoms with Gasteiger partial charge in [-0.1, -0.05) is 0 Å². The van der Waals surface area contributed by atoms with Gasteiger partial charge in [0, 0.05) is 28.0 Å². The highest BCUT2D eigenvalue weighted by Crippen LogP contribution is 2.41. The fourth-order valence-electron chi connectivity index (χ4n) is 4.10. The number of fused-ring (bicyclic) bond motifs is 5. The summed E-state index contributed by atoms with van der Waals surface area (Å²) < 4.78 is 1.35. The lowest BCUT2D eigenvalue weighted by Gasteiger charge is -2.22. The zero-order valence-electron chi connectivity index (χ0n) is 13.9. The second-order valence-corrected chi connectivity index (χ2v) is 8.52. The standard InChI is InChI=1S/C21H16Br2N2O/c22-15-9-11(10-16(23)21(15)26)20-13-4-2-1-3-12(13)19-14-7-8-24-17(14)5-6-18(19)25-20/h5-10,24,26H,1-4H2. The van der Waals surface area contributed by atoms with Crippen LogP contribution in [0.4, 0.5) is 0 Å². The lowest BCUT2D eigenvalue weighted by atomic mass is 9.85. The maximum atomic E-state index is 10.1. The molecule has 2 aromatic heterocycles. The van der Waals surface area contributed by atoms with Gasteiger partial charge < -0.3 is 10.1 Å². The summed E-state index contributed by atoms with van der Waals surface area (Å²) in [6.07, 6.45) is 6.55. The number of pyridine rings is 1. The summed E-state index contributed by atoms with van der Waals surface area (Å²) in [5.74, 6) is 0.220. The van der Waals surface area contributed by atoms with Crippen LogP contribution in [0.15, 0.2) is 45.5 Å². The Hall–Kier alpha value is -1.85. The minimum atomic E-state index is 0.220. The quantitative estimate of drug-likeness (QED) is 0.333. The van der Waals surface area contributed by atoms with Gasteiger partial charge in [0.15, 0.2) is 0 Å². The van der Waals surface area contributed by atoms with E-state index in [2.05, 4.69) is 55.0 Å². The van der Waals surface area contributed by atoms with Crippen molar-refractivity contribution in [2.24, 2.45) is 0 Å². The highest BCUT2D eigenvalue weighted by molar-refractivity contribution is 9.11. The van der Waals surface area contributed by atoms with Crippen LogP contribution >= 0.6 is 31.9 Å². The van der Waals surface area contributed by atoms with Gasteiger partial charge in [-0.05, 0) is 99.0 Å². The molecule has 0 saturated carbocycles. The van der Waals surface area contributed by atoms with Crippen molar-refractivity contribution >= 4 is 53.7 Å². The number of aryl methyl sites for hydroxylation is 1. The van der Waals surface area contributed by atoms with E-state index in [1.54, 1.807) is 0 Å². The van der Waals surface area contributed by atoms with Crippen molar-refractivity contribution in [2.75, 3.05) is 0 Å². The third-order valence-corrected chi connectivity index (χ3v) is 6.50. The SMILES string of the molecule is Oc1c(Br)cc(-c2nc3ccc4[nH]ccc4c3c3c2CCCC3)cc1Br. The molecule has 0 fully saturated rings. The Labute approximate surface area is 167 Å². The summed E-state index contributed by atoms with van der Waals surface area (Å²) in [5.41, 5.74) is 7.03. The molecule has 1 aliphatic rings. The molecule has 130 valence electrons. The summed E-state index contributed by atoms with van der Waals surface area (Å²) in [4.78, 5) is 8.38.